The molecule has 0 aliphatic carbocycles. The average molecular weight is 418 g/mol. The summed E-state index contributed by atoms with van der Waals surface area (Å²) in [6, 6.07) is 21.8. The van der Waals surface area contributed by atoms with Gasteiger partial charge in [0, 0.05) is 5.56 Å². The SMILES string of the molecule is CCCc1cccc(-c2cc(CCCCCCCCCCN)nn2-c2ccccc2)c1. The third-order valence-electron chi connectivity index (χ3n) is 5.91. The molecule has 0 saturated carbocycles. The smallest absolute Gasteiger partial charge is 0.0743 e. The van der Waals surface area contributed by atoms with Crippen LogP contribution in [0.4, 0.5) is 0 Å². The Labute approximate surface area is 188 Å². The molecule has 3 nitrogen and oxygen atoms in total. The zero-order chi connectivity index (χ0) is 21.7. The Morgan fingerprint density at radius 2 is 1.45 bits per heavy atom. The third kappa shape index (κ3) is 7.36. The van der Waals surface area contributed by atoms with Gasteiger partial charge >= 0.3 is 0 Å². The standard InChI is InChI=1S/C28H39N3/c1-2-15-24-16-14-17-25(22-24)28-23-26(30-31(28)27-19-11-9-12-20-27)18-10-7-5-3-4-6-8-13-21-29/h9,11-12,14,16-17,19-20,22-23H,2-8,10,13,15,18,21,29H2,1H3. The maximum absolute atomic E-state index is 5.56. The molecule has 1 heterocycles. The van der Waals surface area contributed by atoms with Gasteiger partial charge in [-0.2, -0.15) is 5.10 Å². The van der Waals surface area contributed by atoms with Gasteiger partial charge in [0.1, 0.15) is 0 Å². The quantitative estimate of drug-likeness (QED) is 0.284. The lowest BCUT2D eigenvalue weighted by molar-refractivity contribution is 0.568. The number of rotatable bonds is 14. The summed E-state index contributed by atoms with van der Waals surface area (Å²) < 4.78 is 2.12. The van der Waals surface area contributed by atoms with Crippen molar-refractivity contribution in [3.8, 4) is 16.9 Å². The van der Waals surface area contributed by atoms with E-state index in [0.29, 0.717) is 0 Å². The summed E-state index contributed by atoms with van der Waals surface area (Å²) >= 11 is 0. The van der Waals surface area contributed by atoms with Crippen molar-refractivity contribution in [1.29, 1.82) is 0 Å². The number of hydrogen-bond donors (Lipinski definition) is 1. The minimum atomic E-state index is 0.834. The predicted molar refractivity (Wildman–Crippen MR) is 133 cm³/mol. The van der Waals surface area contributed by atoms with Crippen LogP contribution in [0.15, 0.2) is 60.7 Å². The van der Waals surface area contributed by atoms with Gasteiger partial charge in [-0.3, -0.25) is 0 Å². The molecule has 166 valence electrons. The van der Waals surface area contributed by atoms with Crippen LogP contribution in [0.5, 0.6) is 0 Å². The maximum Gasteiger partial charge on any atom is 0.0743 e. The van der Waals surface area contributed by atoms with Gasteiger partial charge in [0.05, 0.1) is 17.1 Å². The van der Waals surface area contributed by atoms with Gasteiger partial charge in [0.2, 0.25) is 0 Å². The number of hydrogen-bond acceptors (Lipinski definition) is 2. The molecular weight excluding hydrogens is 378 g/mol. The predicted octanol–water partition coefficient (Wildman–Crippen LogP) is 7.11. The number of para-hydroxylation sites is 1. The van der Waals surface area contributed by atoms with Crippen LogP contribution < -0.4 is 5.73 Å². The largest absolute Gasteiger partial charge is 0.330 e. The van der Waals surface area contributed by atoms with E-state index in [2.05, 4.69) is 72.3 Å². The summed E-state index contributed by atoms with van der Waals surface area (Å²) in [7, 11) is 0. The highest BCUT2D eigenvalue weighted by molar-refractivity contribution is 5.63. The van der Waals surface area contributed by atoms with Crippen LogP contribution >= 0.6 is 0 Å². The Kier molecular flexibility index (Phi) is 9.85. The molecule has 0 amide bonds. The highest BCUT2D eigenvalue weighted by Gasteiger charge is 2.12. The number of aromatic nitrogens is 2. The first-order valence-corrected chi connectivity index (χ1v) is 12.3. The molecule has 3 aromatic rings. The fourth-order valence-electron chi connectivity index (χ4n) is 4.21. The van der Waals surface area contributed by atoms with E-state index in [4.69, 9.17) is 10.8 Å². The average Bonchev–Trinajstić information content (AvgIpc) is 3.23. The molecule has 31 heavy (non-hydrogen) atoms. The first-order chi connectivity index (χ1) is 15.3. The molecule has 2 aromatic carbocycles. The summed E-state index contributed by atoms with van der Waals surface area (Å²) in [6.07, 6.45) is 13.6. The van der Waals surface area contributed by atoms with Crippen molar-refractivity contribution < 1.29 is 0 Å². The lowest BCUT2D eigenvalue weighted by Crippen LogP contribution is -2.00. The number of nitrogens with zero attached hydrogens (tertiary/aromatic N) is 2. The monoisotopic (exact) mass is 417 g/mol. The molecule has 0 atom stereocenters. The zero-order valence-electron chi connectivity index (χ0n) is 19.2. The lowest BCUT2D eigenvalue weighted by Gasteiger charge is -2.09. The van der Waals surface area contributed by atoms with Gasteiger partial charge in [-0.1, -0.05) is 88.3 Å². The molecular formula is C28H39N3. The number of unbranched alkanes of at least 4 members (excludes halogenated alkanes) is 7. The summed E-state index contributed by atoms with van der Waals surface area (Å²) in [4.78, 5) is 0. The van der Waals surface area contributed by atoms with Gasteiger partial charge in [-0.05, 0) is 62.1 Å². The Hall–Kier alpha value is -2.39. The van der Waals surface area contributed by atoms with E-state index in [1.165, 1.54) is 80.3 Å². The molecule has 0 saturated heterocycles. The van der Waals surface area contributed by atoms with E-state index < -0.39 is 0 Å². The summed E-state index contributed by atoms with van der Waals surface area (Å²) in [5.41, 5.74) is 11.7. The van der Waals surface area contributed by atoms with Gasteiger partial charge in [-0.15, -0.1) is 0 Å². The first kappa shape index (κ1) is 23.3. The van der Waals surface area contributed by atoms with Crippen LogP contribution in [0.25, 0.3) is 16.9 Å². The second-order valence-electron chi connectivity index (χ2n) is 8.59. The Bertz CT molecular complexity index is 882. The van der Waals surface area contributed by atoms with Crippen LogP contribution in [0.2, 0.25) is 0 Å². The molecule has 0 aliphatic rings. The van der Waals surface area contributed by atoms with E-state index in [-0.39, 0.29) is 0 Å². The molecule has 1 aromatic heterocycles. The minimum absolute atomic E-state index is 0.834. The van der Waals surface area contributed by atoms with Crippen molar-refractivity contribution in [2.45, 2.75) is 77.6 Å². The molecule has 0 aliphatic heterocycles. The summed E-state index contributed by atoms with van der Waals surface area (Å²) in [5, 5.41) is 5.01. The van der Waals surface area contributed by atoms with Gasteiger partial charge < -0.3 is 5.73 Å². The maximum atomic E-state index is 5.56. The van der Waals surface area contributed by atoms with Gasteiger partial charge in [-0.25, -0.2) is 4.68 Å². The van der Waals surface area contributed by atoms with E-state index in [9.17, 15) is 0 Å². The van der Waals surface area contributed by atoms with Crippen LogP contribution in [0, 0.1) is 0 Å². The highest BCUT2D eigenvalue weighted by Crippen LogP contribution is 2.26. The Morgan fingerprint density at radius 1 is 0.742 bits per heavy atom. The topological polar surface area (TPSA) is 43.8 Å². The second-order valence-corrected chi connectivity index (χ2v) is 8.59. The van der Waals surface area contributed by atoms with Crippen molar-refractivity contribution in [3.63, 3.8) is 0 Å². The van der Waals surface area contributed by atoms with E-state index >= 15 is 0 Å². The Morgan fingerprint density at radius 3 is 2.16 bits per heavy atom. The van der Waals surface area contributed by atoms with Gasteiger partial charge in [0.25, 0.3) is 0 Å². The first-order valence-electron chi connectivity index (χ1n) is 12.3. The van der Waals surface area contributed by atoms with E-state index in [0.717, 1.165) is 25.1 Å². The molecule has 3 heteroatoms. The van der Waals surface area contributed by atoms with Crippen LogP contribution in [-0.2, 0) is 12.8 Å². The molecule has 0 unspecified atom stereocenters. The fraction of sp³-hybridized carbons (Fsp3) is 0.464. The van der Waals surface area contributed by atoms with E-state index in [1.54, 1.807) is 0 Å². The molecule has 3 rings (SSSR count). The third-order valence-corrected chi connectivity index (χ3v) is 5.91. The van der Waals surface area contributed by atoms with Crippen molar-refractivity contribution in [1.82, 2.24) is 9.78 Å². The number of nitrogens with two attached hydrogens (primary N) is 1. The van der Waals surface area contributed by atoms with Crippen molar-refractivity contribution >= 4 is 0 Å². The van der Waals surface area contributed by atoms with Crippen molar-refractivity contribution in [3.05, 3.63) is 71.9 Å². The highest BCUT2D eigenvalue weighted by atomic mass is 15.3. The van der Waals surface area contributed by atoms with Crippen LogP contribution in [0.3, 0.4) is 0 Å². The zero-order valence-corrected chi connectivity index (χ0v) is 19.2. The Balaban J connectivity index is 1.64. The van der Waals surface area contributed by atoms with Gasteiger partial charge in [0.15, 0.2) is 0 Å². The number of aryl methyl sites for hydroxylation is 2. The lowest BCUT2D eigenvalue weighted by atomic mass is 10.0. The van der Waals surface area contributed by atoms with Crippen LogP contribution in [0.1, 0.15) is 76.0 Å². The number of benzene rings is 2. The van der Waals surface area contributed by atoms with Crippen molar-refractivity contribution in [2.75, 3.05) is 6.54 Å². The molecule has 0 spiro atoms. The molecule has 2 N–H and O–H groups in total. The normalized spacial score (nSPS) is 11.2. The van der Waals surface area contributed by atoms with E-state index in [1.807, 2.05) is 0 Å². The van der Waals surface area contributed by atoms with Crippen molar-refractivity contribution in [2.24, 2.45) is 5.73 Å². The summed E-state index contributed by atoms with van der Waals surface area (Å²) in [6.45, 7) is 3.07. The molecule has 0 fully saturated rings. The van der Waals surface area contributed by atoms with Crippen LogP contribution in [-0.4, -0.2) is 16.3 Å². The molecule has 0 radical (unpaired) electrons. The fourth-order valence-corrected chi connectivity index (χ4v) is 4.21. The second kappa shape index (κ2) is 13.1. The minimum Gasteiger partial charge on any atom is -0.330 e. The summed E-state index contributed by atoms with van der Waals surface area (Å²) in [5.74, 6) is 0. The molecule has 0 bridgehead atoms.